The quantitative estimate of drug-likeness (QED) is 0.841. The van der Waals surface area contributed by atoms with Crippen molar-refractivity contribution in [1.29, 1.82) is 10.5 Å². The van der Waals surface area contributed by atoms with Crippen LogP contribution in [0.15, 0.2) is 60.7 Å². The summed E-state index contributed by atoms with van der Waals surface area (Å²) in [6.07, 6.45) is 1.84. The smallest absolute Gasteiger partial charge is 0.240 e. The molecule has 6 heteroatoms. The van der Waals surface area contributed by atoms with E-state index < -0.39 is 28.8 Å². The van der Waals surface area contributed by atoms with Crippen LogP contribution in [0.3, 0.4) is 0 Å². The van der Waals surface area contributed by atoms with Crippen molar-refractivity contribution >= 4 is 11.8 Å². The monoisotopic (exact) mass is 342 g/mol. The van der Waals surface area contributed by atoms with E-state index >= 15 is 0 Å². The first kappa shape index (κ1) is 15.9. The minimum Gasteiger partial charge on any atom is -0.326 e. The molecule has 126 valence electrons. The maximum Gasteiger partial charge on any atom is 0.240 e. The van der Waals surface area contributed by atoms with Crippen LogP contribution in [0.25, 0.3) is 0 Å². The predicted octanol–water partition coefficient (Wildman–Crippen LogP) is 1.76. The van der Waals surface area contributed by atoms with Gasteiger partial charge in [-0.25, -0.2) is 4.90 Å². The number of carbonyl (C=O) groups excluding carboxylic acids is 2. The third kappa shape index (κ3) is 1.68. The molecule has 2 aromatic carbocycles. The van der Waals surface area contributed by atoms with Gasteiger partial charge in [0.15, 0.2) is 11.9 Å². The summed E-state index contributed by atoms with van der Waals surface area (Å²) in [5.74, 6) is -1.99. The Labute approximate surface area is 150 Å². The normalized spacial score (nSPS) is 29.6. The molecule has 1 N–H and O–H groups in total. The highest BCUT2D eigenvalue weighted by Gasteiger charge is 2.74. The van der Waals surface area contributed by atoms with Crippen molar-refractivity contribution in [2.45, 2.75) is 17.5 Å². The summed E-state index contributed by atoms with van der Waals surface area (Å²) < 4.78 is 0. The Balaban J connectivity index is 2.12. The average Bonchev–Trinajstić information content (AvgIpc) is 3.07. The van der Waals surface area contributed by atoms with Crippen LogP contribution < -0.4 is 5.32 Å². The zero-order chi connectivity index (χ0) is 18.4. The molecule has 3 atom stereocenters. The molecule has 2 heterocycles. The van der Waals surface area contributed by atoms with Gasteiger partial charge in [-0.3, -0.25) is 9.59 Å². The van der Waals surface area contributed by atoms with Crippen LogP contribution in [-0.2, 0) is 20.7 Å². The van der Waals surface area contributed by atoms with Crippen molar-refractivity contribution in [3.05, 3.63) is 71.8 Å². The maximum atomic E-state index is 12.8. The molecule has 2 aliphatic heterocycles. The molecule has 1 unspecified atom stereocenters. The fourth-order valence-electron chi connectivity index (χ4n) is 4.44. The van der Waals surface area contributed by atoms with E-state index in [9.17, 15) is 20.1 Å². The first-order valence-electron chi connectivity index (χ1n) is 8.17. The number of nitriles is 2. The minimum absolute atomic E-state index is 0.101. The fourth-order valence-corrected chi connectivity index (χ4v) is 4.44. The topological polar surface area (TPSA) is 97.0 Å². The van der Waals surface area contributed by atoms with Crippen LogP contribution in [0.4, 0.5) is 0 Å². The highest BCUT2D eigenvalue weighted by Crippen LogP contribution is 2.59. The van der Waals surface area contributed by atoms with Crippen molar-refractivity contribution in [2.24, 2.45) is 5.92 Å². The number of amides is 2. The van der Waals surface area contributed by atoms with Crippen molar-refractivity contribution in [1.82, 2.24) is 10.2 Å². The molecule has 0 spiro atoms. The largest absolute Gasteiger partial charge is 0.326 e. The van der Waals surface area contributed by atoms with Gasteiger partial charge in [0.05, 0.1) is 11.5 Å². The van der Waals surface area contributed by atoms with E-state index in [1.807, 2.05) is 18.3 Å². The Morgan fingerprint density at radius 3 is 2.08 bits per heavy atom. The zero-order valence-corrected chi connectivity index (χ0v) is 13.7. The van der Waals surface area contributed by atoms with Crippen LogP contribution >= 0.6 is 0 Å². The van der Waals surface area contributed by atoms with Gasteiger partial charge >= 0.3 is 0 Å². The first-order valence-corrected chi connectivity index (χ1v) is 8.17. The van der Waals surface area contributed by atoms with Crippen LogP contribution in [-0.4, -0.2) is 16.7 Å². The van der Waals surface area contributed by atoms with Crippen LogP contribution in [0.1, 0.15) is 17.5 Å². The lowest BCUT2D eigenvalue weighted by atomic mass is 9.63. The van der Waals surface area contributed by atoms with E-state index in [0.29, 0.717) is 11.1 Å². The second-order valence-corrected chi connectivity index (χ2v) is 6.47. The SMILES string of the molecule is N#CC1C(=O)N[C@]2(c3ccccc3)N(C#N)C(=O)C[C@]12c1ccccc1. The molecule has 2 aromatic rings. The van der Waals surface area contributed by atoms with Gasteiger partial charge < -0.3 is 5.32 Å². The second-order valence-electron chi connectivity index (χ2n) is 6.47. The lowest BCUT2D eigenvalue weighted by Crippen LogP contribution is -2.57. The molecular weight excluding hydrogens is 328 g/mol. The number of carbonyl (C=O) groups is 2. The number of nitrogens with one attached hydrogen (secondary N) is 1. The summed E-state index contributed by atoms with van der Waals surface area (Å²) in [6.45, 7) is 0. The van der Waals surface area contributed by atoms with Gasteiger partial charge in [-0.05, 0) is 11.1 Å². The lowest BCUT2D eigenvalue weighted by Gasteiger charge is -2.42. The summed E-state index contributed by atoms with van der Waals surface area (Å²) in [7, 11) is 0. The molecular formula is C20H14N4O2. The number of rotatable bonds is 2. The minimum atomic E-state index is -1.42. The molecule has 2 amide bonds. The number of hydrogen-bond acceptors (Lipinski definition) is 4. The first-order chi connectivity index (χ1) is 12.6. The fraction of sp³-hybridized carbons (Fsp3) is 0.200. The van der Waals surface area contributed by atoms with E-state index in [-0.39, 0.29) is 6.42 Å². The molecule has 2 fully saturated rings. The van der Waals surface area contributed by atoms with Gasteiger partial charge in [0.1, 0.15) is 5.92 Å². The molecule has 6 nitrogen and oxygen atoms in total. The third-order valence-electron chi connectivity index (χ3n) is 5.43. The summed E-state index contributed by atoms with van der Waals surface area (Å²) >= 11 is 0. The van der Waals surface area contributed by atoms with Gasteiger partial charge in [0.2, 0.25) is 11.8 Å². The van der Waals surface area contributed by atoms with Gasteiger partial charge in [-0.2, -0.15) is 10.5 Å². The predicted molar refractivity (Wildman–Crippen MR) is 90.6 cm³/mol. The van der Waals surface area contributed by atoms with Crippen LogP contribution in [0.2, 0.25) is 0 Å². The number of hydrogen-bond donors (Lipinski definition) is 1. The van der Waals surface area contributed by atoms with E-state index in [1.165, 1.54) is 0 Å². The Kier molecular flexibility index (Phi) is 3.32. The zero-order valence-electron chi connectivity index (χ0n) is 13.7. The average molecular weight is 342 g/mol. The molecule has 0 bridgehead atoms. The van der Waals surface area contributed by atoms with Crippen molar-refractivity contribution in [2.75, 3.05) is 0 Å². The Morgan fingerprint density at radius 1 is 0.962 bits per heavy atom. The number of benzene rings is 2. The number of fused-ring (bicyclic) bond motifs is 1. The Morgan fingerprint density at radius 2 is 1.54 bits per heavy atom. The van der Waals surface area contributed by atoms with Gasteiger partial charge in [-0.15, -0.1) is 0 Å². The molecule has 2 aliphatic rings. The van der Waals surface area contributed by atoms with Gasteiger partial charge in [-0.1, -0.05) is 60.7 Å². The van der Waals surface area contributed by atoms with E-state index in [1.54, 1.807) is 48.5 Å². The summed E-state index contributed by atoms with van der Waals surface area (Å²) in [4.78, 5) is 26.6. The van der Waals surface area contributed by atoms with E-state index in [4.69, 9.17) is 0 Å². The van der Waals surface area contributed by atoms with E-state index in [2.05, 4.69) is 11.4 Å². The molecule has 0 aliphatic carbocycles. The maximum absolute atomic E-state index is 12.8. The molecule has 26 heavy (non-hydrogen) atoms. The van der Waals surface area contributed by atoms with Gasteiger partial charge in [0, 0.05) is 6.42 Å². The highest BCUT2D eigenvalue weighted by molar-refractivity contribution is 5.96. The lowest BCUT2D eigenvalue weighted by molar-refractivity contribution is -0.130. The third-order valence-corrected chi connectivity index (χ3v) is 5.43. The Bertz CT molecular complexity index is 895. The number of nitrogens with zero attached hydrogens (tertiary/aromatic N) is 3. The molecule has 4 rings (SSSR count). The summed E-state index contributed by atoms with van der Waals surface area (Å²) in [5, 5.41) is 22.4. The molecule has 0 aromatic heterocycles. The number of likely N-dealkylation sites (tertiary alicyclic amines) is 1. The van der Waals surface area contributed by atoms with Crippen molar-refractivity contribution in [3.8, 4) is 12.3 Å². The summed E-state index contributed by atoms with van der Waals surface area (Å²) in [5.41, 5.74) is -1.32. The van der Waals surface area contributed by atoms with Crippen molar-refractivity contribution in [3.63, 3.8) is 0 Å². The van der Waals surface area contributed by atoms with Crippen LogP contribution in [0, 0.1) is 28.7 Å². The Hall–Kier alpha value is -3.64. The summed E-state index contributed by atoms with van der Waals surface area (Å²) in [6, 6.07) is 20.0. The second kappa shape index (κ2) is 5.44. The van der Waals surface area contributed by atoms with Crippen molar-refractivity contribution < 1.29 is 9.59 Å². The van der Waals surface area contributed by atoms with Crippen LogP contribution in [0.5, 0.6) is 0 Å². The molecule has 0 radical (unpaired) electrons. The molecule has 0 saturated carbocycles. The highest BCUT2D eigenvalue weighted by atomic mass is 16.2. The standard InChI is InChI=1S/C20H14N4O2/c21-12-16-18(26)23-20(15-9-5-2-6-10-15)19(16,11-17(25)24(20)13-22)14-7-3-1-4-8-14/h1-10,16H,11H2,(H,23,26)/t16?,19-,20+/m0/s1. The van der Waals surface area contributed by atoms with E-state index in [0.717, 1.165) is 4.90 Å². The molecule has 2 saturated heterocycles. The van der Waals surface area contributed by atoms with Gasteiger partial charge in [0.25, 0.3) is 0 Å².